The Morgan fingerprint density at radius 1 is 1.31 bits per heavy atom. The van der Waals surface area contributed by atoms with Crippen molar-refractivity contribution in [1.82, 2.24) is 10.2 Å². The number of hydrogen-bond acceptors (Lipinski definition) is 3. The number of nitrogens with zero attached hydrogens (tertiary/aromatic N) is 2. The third-order valence-corrected chi connectivity index (χ3v) is 2.27. The predicted molar refractivity (Wildman–Crippen MR) is 61.5 cm³/mol. The van der Waals surface area contributed by atoms with Gasteiger partial charge in [0.25, 0.3) is 0 Å². The minimum absolute atomic E-state index is 0.0746. The van der Waals surface area contributed by atoms with Crippen molar-refractivity contribution < 1.29 is 4.39 Å². The van der Waals surface area contributed by atoms with Crippen molar-refractivity contribution in [2.75, 3.05) is 5.32 Å². The Bertz CT molecular complexity index is 516. The van der Waals surface area contributed by atoms with Crippen LogP contribution in [-0.4, -0.2) is 10.2 Å². The molecule has 5 heteroatoms. The van der Waals surface area contributed by atoms with Gasteiger partial charge in [0.05, 0.1) is 11.2 Å². The number of rotatable bonds is 2. The molecular formula is C11H9ClFN3. The van der Waals surface area contributed by atoms with Crippen molar-refractivity contribution in [1.29, 1.82) is 0 Å². The molecule has 0 unspecified atom stereocenters. The van der Waals surface area contributed by atoms with E-state index >= 15 is 0 Å². The van der Waals surface area contributed by atoms with E-state index in [-0.39, 0.29) is 5.02 Å². The van der Waals surface area contributed by atoms with E-state index in [0.717, 1.165) is 5.56 Å². The van der Waals surface area contributed by atoms with Crippen LogP contribution in [0.2, 0.25) is 5.02 Å². The zero-order chi connectivity index (χ0) is 11.5. The van der Waals surface area contributed by atoms with Gasteiger partial charge in [0.15, 0.2) is 5.82 Å². The summed E-state index contributed by atoms with van der Waals surface area (Å²) in [5.74, 6) is 0.158. The molecular weight excluding hydrogens is 229 g/mol. The number of benzene rings is 1. The van der Waals surface area contributed by atoms with E-state index in [1.54, 1.807) is 12.3 Å². The molecule has 0 atom stereocenters. The van der Waals surface area contributed by atoms with E-state index in [4.69, 9.17) is 11.6 Å². The molecule has 0 aliphatic rings. The van der Waals surface area contributed by atoms with Crippen LogP contribution >= 0.6 is 11.6 Å². The molecule has 0 radical (unpaired) electrons. The molecule has 0 aliphatic carbocycles. The first-order chi connectivity index (χ1) is 7.65. The summed E-state index contributed by atoms with van der Waals surface area (Å²) >= 11 is 5.66. The molecule has 2 rings (SSSR count). The molecule has 1 heterocycles. The van der Waals surface area contributed by atoms with Gasteiger partial charge in [-0.1, -0.05) is 11.6 Å². The lowest BCUT2D eigenvalue weighted by molar-refractivity contribution is 0.628. The van der Waals surface area contributed by atoms with Gasteiger partial charge in [-0.2, -0.15) is 5.10 Å². The first-order valence-electron chi connectivity index (χ1n) is 4.66. The molecule has 0 aliphatic heterocycles. The van der Waals surface area contributed by atoms with Gasteiger partial charge in [0.1, 0.15) is 5.82 Å². The molecule has 82 valence electrons. The number of aromatic nitrogens is 2. The summed E-state index contributed by atoms with van der Waals surface area (Å²) in [5, 5.41) is 10.8. The van der Waals surface area contributed by atoms with Gasteiger partial charge in [-0.3, -0.25) is 0 Å². The minimum atomic E-state index is -0.442. The SMILES string of the molecule is Cc1cnnc(Nc2ccc(F)c(Cl)c2)c1. The summed E-state index contributed by atoms with van der Waals surface area (Å²) in [4.78, 5) is 0. The number of aryl methyl sites for hydroxylation is 1. The van der Waals surface area contributed by atoms with Crippen LogP contribution in [0.5, 0.6) is 0 Å². The third-order valence-electron chi connectivity index (χ3n) is 1.98. The fourth-order valence-electron chi connectivity index (χ4n) is 1.25. The van der Waals surface area contributed by atoms with Crippen LogP contribution in [0.15, 0.2) is 30.5 Å². The summed E-state index contributed by atoms with van der Waals surface area (Å²) in [6.07, 6.45) is 1.66. The first-order valence-corrected chi connectivity index (χ1v) is 5.04. The van der Waals surface area contributed by atoms with Gasteiger partial charge in [-0.05, 0) is 36.8 Å². The molecule has 1 N–H and O–H groups in total. The van der Waals surface area contributed by atoms with Crippen molar-refractivity contribution >= 4 is 23.1 Å². The Labute approximate surface area is 97.3 Å². The van der Waals surface area contributed by atoms with Crippen LogP contribution in [0, 0.1) is 12.7 Å². The van der Waals surface area contributed by atoms with Crippen LogP contribution in [-0.2, 0) is 0 Å². The first kappa shape index (κ1) is 10.8. The van der Waals surface area contributed by atoms with Gasteiger partial charge in [-0.25, -0.2) is 4.39 Å². The highest BCUT2D eigenvalue weighted by Crippen LogP contribution is 2.21. The van der Waals surface area contributed by atoms with Crippen molar-refractivity contribution in [2.45, 2.75) is 6.92 Å². The summed E-state index contributed by atoms with van der Waals surface area (Å²) in [5.41, 5.74) is 1.66. The normalized spacial score (nSPS) is 10.2. The Morgan fingerprint density at radius 2 is 2.12 bits per heavy atom. The fourth-order valence-corrected chi connectivity index (χ4v) is 1.43. The second-order valence-electron chi connectivity index (χ2n) is 3.37. The van der Waals surface area contributed by atoms with Crippen molar-refractivity contribution in [2.24, 2.45) is 0 Å². The van der Waals surface area contributed by atoms with E-state index in [1.807, 2.05) is 13.0 Å². The summed E-state index contributed by atoms with van der Waals surface area (Å²) in [6, 6.07) is 6.23. The van der Waals surface area contributed by atoms with Gasteiger partial charge in [0, 0.05) is 5.69 Å². The second-order valence-corrected chi connectivity index (χ2v) is 3.78. The Morgan fingerprint density at radius 3 is 2.81 bits per heavy atom. The lowest BCUT2D eigenvalue weighted by Gasteiger charge is -2.05. The molecule has 0 fully saturated rings. The number of hydrogen-bond donors (Lipinski definition) is 1. The molecule has 0 saturated heterocycles. The van der Waals surface area contributed by atoms with Crippen LogP contribution in [0.3, 0.4) is 0 Å². The number of halogens is 2. The van der Waals surface area contributed by atoms with Crippen molar-refractivity contribution in [3.63, 3.8) is 0 Å². The molecule has 3 nitrogen and oxygen atoms in total. The summed E-state index contributed by atoms with van der Waals surface area (Å²) < 4.78 is 12.9. The van der Waals surface area contributed by atoms with Gasteiger partial charge in [-0.15, -0.1) is 5.10 Å². The van der Waals surface area contributed by atoms with Crippen LogP contribution in [0.25, 0.3) is 0 Å². The van der Waals surface area contributed by atoms with Crippen molar-refractivity contribution in [3.8, 4) is 0 Å². The largest absolute Gasteiger partial charge is 0.339 e. The van der Waals surface area contributed by atoms with Gasteiger partial charge < -0.3 is 5.32 Å². The highest BCUT2D eigenvalue weighted by Gasteiger charge is 2.02. The molecule has 0 amide bonds. The fraction of sp³-hybridized carbons (Fsp3) is 0.0909. The Kier molecular flexibility index (Phi) is 3.01. The molecule has 0 saturated carbocycles. The summed E-state index contributed by atoms with van der Waals surface area (Å²) in [7, 11) is 0. The molecule has 2 aromatic rings. The molecule has 16 heavy (non-hydrogen) atoms. The maximum Gasteiger partial charge on any atom is 0.153 e. The maximum absolute atomic E-state index is 12.9. The zero-order valence-electron chi connectivity index (χ0n) is 8.54. The quantitative estimate of drug-likeness (QED) is 0.871. The minimum Gasteiger partial charge on any atom is -0.339 e. The van der Waals surface area contributed by atoms with Crippen LogP contribution in [0.1, 0.15) is 5.56 Å². The van der Waals surface area contributed by atoms with E-state index in [1.165, 1.54) is 12.1 Å². The highest BCUT2D eigenvalue weighted by molar-refractivity contribution is 6.31. The van der Waals surface area contributed by atoms with Crippen molar-refractivity contribution in [3.05, 3.63) is 46.9 Å². The molecule has 1 aromatic heterocycles. The smallest absolute Gasteiger partial charge is 0.153 e. The lowest BCUT2D eigenvalue weighted by atomic mass is 10.3. The zero-order valence-corrected chi connectivity index (χ0v) is 9.29. The number of anilines is 2. The third kappa shape index (κ3) is 2.46. The van der Waals surface area contributed by atoms with E-state index in [9.17, 15) is 4.39 Å². The van der Waals surface area contributed by atoms with E-state index in [2.05, 4.69) is 15.5 Å². The molecule has 0 bridgehead atoms. The predicted octanol–water partition coefficient (Wildman–Crippen LogP) is 3.32. The lowest BCUT2D eigenvalue weighted by Crippen LogP contribution is -1.96. The molecule has 1 aromatic carbocycles. The standard InChI is InChI=1S/C11H9ClFN3/c1-7-4-11(16-14-6-7)15-8-2-3-10(13)9(12)5-8/h2-6H,1H3,(H,15,16). The Hall–Kier alpha value is -1.68. The topological polar surface area (TPSA) is 37.8 Å². The monoisotopic (exact) mass is 237 g/mol. The second kappa shape index (κ2) is 4.45. The van der Waals surface area contributed by atoms with E-state index in [0.29, 0.717) is 11.5 Å². The van der Waals surface area contributed by atoms with Gasteiger partial charge in [0.2, 0.25) is 0 Å². The van der Waals surface area contributed by atoms with Crippen LogP contribution in [0.4, 0.5) is 15.9 Å². The van der Waals surface area contributed by atoms with Gasteiger partial charge >= 0.3 is 0 Å². The van der Waals surface area contributed by atoms with Crippen LogP contribution < -0.4 is 5.32 Å². The Balaban J connectivity index is 2.24. The average molecular weight is 238 g/mol. The highest BCUT2D eigenvalue weighted by atomic mass is 35.5. The average Bonchev–Trinajstić information content (AvgIpc) is 2.24. The number of nitrogens with one attached hydrogen (secondary N) is 1. The summed E-state index contributed by atoms with van der Waals surface area (Å²) in [6.45, 7) is 1.91. The maximum atomic E-state index is 12.9. The molecule has 0 spiro atoms. The van der Waals surface area contributed by atoms with E-state index < -0.39 is 5.82 Å².